The second-order valence-corrected chi connectivity index (χ2v) is 6.62. The van der Waals surface area contributed by atoms with Gasteiger partial charge in [-0.05, 0) is 30.4 Å². The Morgan fingerprint density at radius 1 is 1.21 bits per heavy atom. The van der Waals surface area contributed by atoms with Crippen LogP contribution in [0.25, 0.3) is 0 Å². The van der Waals surface area contributed by atoms with E-state index in [9.17, 15) is 14.4 Å². The number of hydrogen-bond donors (Lipinski definition) is 3. The van der Waals surface area contributed by atoms with Gasteiger partial charge in [0, 0.05) is 6.04 Å². The Hall–Kier alpha value is -2.37. The van der Waals surface area contributed by atoms with Crippen LogP contribution in [0, 0.1) is 11.8 Å². The lowest BCUT2D eigenvalue weighted by molar-refractivity contribution is -0.124. The van der Waals surface area contributed by atoms with Crippen LogP contribution in [0.15, 0.2) is 24.8 Å². The highest BCUT2D eigenvalue weighted by molar-refractivity contribution is 5.97. The summed E-state index contributed by atoms with van der Waals surface area (Å²) in [5, 5.41) is 5.63. The molecule has 0 aliphatic carbocycles. The van der Waals surface area contributed by atoms with Gasteiger partial charge in [-0.15, -0.1) is 6.58 Å². The molecular weight excluding hydrogens is 306 g/mol. The SMILES string of the molecule is C=C[C@H](CC(C)C)NC(=O)[C@@H](NC(=O)c1ccc(C=O)[nH]1)C(C)C. The molecule has 2 amide bonds. The average molecular weight is 333 g/mol. The van der Waals surface area contributed by atoms with Crippen molar-refractivity contribution in [2.75, 3.05) is 0 Å². The van der Waals surface area contributed by atoms with Gasteiger partial charge in [0.15, 0.2) is 6.29 Å². The maximum atomic E-state index is 12.5. The highest BCUT2D eigenvalue weighted by Crippen LogP contribution is 2.09. The average Bonchev–Trinajstić information content (AvgIpc) is 2.99. The Morgan fingerprint density at radius 2 is 1.88 bits per heavy atom. The van der Waals surface area contributed by atoms with E-state index < -0.39 is 11.9 Å². The van der Waals surface area contributed by atoms with Gasteiger partial charge in [0.25, 0.3) is 5.91 Å². The summed E-state index contributed by atoms with van der Waals surface area (Å²) in [5.41, 5.74) is 0.562. The Morgan fingerprint density at radius 3 is 2.33 bits per heavy atom. The van der Waals surface area contributed by atoms with Crippen molar-refractivity contribution in [1.29, 1.82) is 0 Å². The maximum Gasteiger partial charge on any atom is 0.268 e. The molecule has 0 aliphatic heterocycles. The van der Waals surface area contributed by atoms with E-state index >= 15 is 0 Å². The number of carbonyl (C=O) groups excluding carboxylic acids is 3. The van der Waals surface area contributed by atoms with Crippen LogP contribution in [0.3, 0.4) is 0 Å². The lowest BCUT2D eigenvalue weighted by atomic mass is 10.0. The van der Waals surface area contributed by atoms with E-state index in [0.29, 0.717) is 17.9 Å². The van der Waals surface area contributed by atoms with E-state index in [4.69, 9.17) is 0 Å². The third-order valence-corrected chi connectivity index (χ3v) is 3.65. The smallest absolute Gasteiger partial charge is 0.268 e. The quantitative estimate of drug-likeness (QED) is 0.478. The van der Waals surface area contributed by atoms with Gasteiger partial charge in [-0.3, -0.25) is 14.4 Å². The fraction of sp³-hybridized carbons (Fsp3) is 0.500. The first-order valence-corrected chi connectivity index (χ1v) is 8.16. The fourth-order valence-electron chi connectivity index (χ4n) is 2.36. The topological polar surface area (TPSA) is 91.1 Å². The molecule has 0 fully saturated rings. The zero-order valence-electron chi connectivity index (χ0n) is 14.8. The Bertz CT molecular complexity index is 590. The second-order valence-electron chi connectivity index (χ2n) is 6.62. The van der Waals surface area contributed by atoms with Gasteiger partial charge in [0.1, 0.15) is 11.7 Å². The van der Waals surface area contributed by atoms with Gasteiger partial charge in [-0.1, -0.05) is 33.8 Å². The van der Waals surface area contributed by atoms with Crippen LogP contribution in [0.2, 0.25) is 0 Å². The van der Waals surface area contributed by atoms with Crippen LogP contribution in [0.4, 0.5) is 0 Å². The van der Waals surface area contributed by atoms with Crippen LogP contribution in [0.5, 0.6) is 0 Å². The molecule has 132 valence electrons. The minimum atomic E-state index is -0.671. The predicted molar refractivity (Wildman–Crippen MR) is 93.9 cm³/mol. The third kappa shape index (κ3) is 5.68. The first-order chi connectivity index (χ1) is 11.3. The van der Waals surface area contributed by atoms with E-state index in [-0.39, 0.29) is 23.6 Å². The molecule has 1 aromatic rings. The molecule has 0 bridgehead atoms. The van der Waals surface area contributed by atoms with Crippen LogP contribution in [-0.4, -0.2) is 35.2 Å². The van der Waals surface area contributed by atoms with Gasteiger partial charge >= 0.3 is 0 Å². The molecule has 0 radical (unpaired) electrons. The van der Waals surface area contributed by atoms with Gasteiger partial charge in [0.05, 0.1) is 5.69 Å². The number of aromatic amines is 1. The van der Waals surface area contributed by atoms with E-state index in [1.54, 1.807) is 6.08 Å². The van der Waals surface area contributed by atoms with E-state index in [0.717, 1.165) is 6.42 Å². The molecule has 6 nitrogen and oxygen atoms in total. The van der Waals surface area contributed by atoms with E-state index in [1.165, 1.54) is 12.1 Å². The molecule has 0 aromatic carbocycles. The number of aldehydes is 1. The van der Waals surface area contributed by atoms with Crippen LogP contribution in [-0.2, 0) is 4.79 Å². The summed E-state index contributed by atoms with van der Waals surface area (Å²) in [7, 11) is 0. The number of hydrogen-bond acceptors (Lipinski definition) is 3. The number of carbonyl (C=O) groups is 3. The molecule has 1 aromatic heterocycles. The Kier molecular flexibility index (Phi) is 7.42. The number of amides is 2. The minimum absolute atomic E-state index is 0.0843. The van der Waals surface area contributed by atoms with Crippen molar-refractivity contribution < 1.29 is 14.4 Å². The molecule has 3 N–H and O–H groups in total. The van der Waals surface area contributed by atoms with Gasteiger partial charge in [-0.2, -0.15) is 0 Å². The maximum absolute atomic E-state index is 12.5. The van der Waals surface area contributed by atoms with E-state index in [2.05, 4.69) is 36.0 Å². The van der Waals surface area contributed by atoms with Gasteiger partial charge in [0.2, 0.25) is 5.91 Å². The fourth-order valence-corrected chi connectivity index (χ4v) is 2.36. The molecule has 0 saturated heterocycles. The third-order valence-electron chi connectivity index (χ3n) is 3.65. The standard InChI is InChI=1S/C18H27N3O3/c1-6-13(9-11(2)3)20-18(24)16(12(4)5)21-17(23)15-8-7-14(10-22)19-15/h6-8,10-13,16,19H,1,9H2,2-5H3,(H,20,24)(H,21,23)/t13-,16+/m1/s1. The van der Waals surface area contributed by atoms with Gasteiger partial charge in [-0.25, -0.2) is 0 Å². The van der Waals surface area contributed by atoms with Crippen LogP contribution >= 0.6 is 0 Å². The van der Waals surface area contributed by atoms with Crippen molar-refractivity contribution in [1.82, 2.24) is 15.6 Å². The number of aromatic nitrogens is 1. The van der Waals surface area contributed by atoms with Crippen molar-refractivity contribution in [2.24, 2.45) is 11.8 Å². The van der Waals surface area contributed by atoms with Crippen molar-refractivity contribution in [3.05, 3.63) is 36.2 Å². The normalized spacial score (nSPS) is 13.4. The zero-order valence-corrected chi connectivity index (χ0v) is 14.8. The van der Waals surface area contributed by atoms with E-state index in [1.807, 2.05) is 13.8 Å². The second kappa shape index (κ2) is 9.05. The molecule has 2 atom stereocenters. The number of H-pyrrole nitrogens is 1. The number of nitrogens with one attached hydrogen (secondary N) is 3. The monoisotopic (exact) mass is 333 g/mol. The summed E-state index contributed by atoms with van der Waals surface area (Å²) in [5.74, 6) is -0.331. The van der Waals surface area contributed by atoms with Gasteiger partial charge < -0.3 is 15.6 Å². The molecule has 0 spiro atoms. The molecule has 1 heterocycles. The molecule has 6 heteroatoms. The van der Waals surface area contributed by atoms with Crippen molar-refractivity contribution in [3.63, 3.8) is 0 Å². The summed E-state index contributed by atoms with van der Waals surface area (Å²) in [4.78, 5) is 38.2. The lowest BCUT2D eigenvalue weighted by Crippen LogP contribution is -2.52. The number of rotatable bonds is 9. The first kappa shape index (κ1) is 19.7. The summed E-state index contributed by atoms with van der Waals surface area (Å²) in [6, 6.07) is 2.22. The molecular formula is C18H27N3O3. The Labute approximate surface area is 143 Å². The lowest BCUT2D eigenvalue weighted by Gasteiger charge is -2.24. The molecule has 0 unspecified atom stereocenters. The van der Waals surface area contributed by atoms with Crippen molar-refractivity contribution >= 4 is 18.1 Å². The summed E-state index contributed by atoms with van der Waals surface area (Å²) in [6.07, 6.45) is 3.12. The molecule has 24 heavy (non-hydrogen) atoms. The predicted octanol–water partition coefficient (Wildman–Crippen LogP) is 2.30. The zero-order chi connectivity index (χ0) is 18.3. The Balaban J connectivity index is 2.78. The van der Waals surface area contributed by atoms with Crippen molar-refractivity contribution in [3.8, 4) is 0 Å². The van der Waals surface area contributed by atoms with Crippen LogP contribution < -0.4 is 10.6 Å². The highest BCUT2D eigenvalue weighted by Gasteiger charge is 2.26. The van der Waals surface area contributed by atoms with Crippen molar-refractivity contribution in [2.45, 2.75) is 46.2 Å². The summed E-state index contributed by atoms with van der Waals surface area (Å²) in [6.45, 7) is 11.6. The molecule has 0 aliphatic rings. The van der Waals surface area contributed by atoms with Crippen LogP contribution in [0.1, 0.15) is 55.1 Å². The highest BCUT2D eigenvalue weighted by atomic mass is 16.2. The molecule has 0 saturated carbocycles. The first-order valence-electron chi connectivity index (χ1n) is 8.16. The molecule has 1 rings (SSSR count). The summed E-state index contributed by atoms with van der Waals surface area (Å²) >= 11 is 0. The largest absolute Gasteiger partial charge is 0.348 e. The minimum Gasteiger partial charge on any atom is -0.348 e. The summed E-state index contributed by atoms with van der Waals surface area (Å²) < 4.78 is 0.